The average Bonchev–Trinajstić information content (AvgIpc) is 1.35. The molecule has 0 radical (unpaired) electrons. The molecule has 0 aromatic heterocycles. The zero-order valence-electron chi connectivity index (χ0n) is 2.56. The van der Waals surface area contributed by atoms with Gasteiger partial charge in [-0.25, -0.2) is 0 Å². The zero-order valence-corrected chi connectivity index (χ0v) is 4.07. The number of carbonyl (C=O) groups excluding carboxylic acids is 1. The molecule has 0 rings (SSSR count). The van der Waals surface area contributed by atoms with Crippen LogP contribution in [0.1, 0.15) is 0 Å². The Bertz CT molecular complexity index is 79.6. The van der Waals surface area contributed by atoms with Crippen molar-refractivity contribution >= 4 is 28.7 Å². The maximum absolute atomic E-state index is 9.46. The van der Waals surface area contributed by atoms with E-state index in [1.165, 1.54) is 0 Å². The van der Waals surface area contributed by atoms with Gasteiger partial charge < -0.3 is 0 Å². The number of rotatable bonds is 0. The summed E-state index contributed by atoms with van der Waals surface area (Å²) in [5.41, 5.74) is 0. The highest BCUT2D eigenvalue weighted by Gasteiger charge is 1.81. The van der Waals surface area contributed by atoms with Crippen LogP contribution in [0.25, 0.3) is 0 Å². The van der Waals surface area contributed by atoms with E-state index >= 15 is 0 Å². The van der Waals surface area contributed by atoms with Gasteiger partial charge in [-0.3, -0.25) is 4.79 Å². The summed E-state index contributed by atoms with van der Waals surface area (Å²) < 4.78 is 2.55. The molecule has 0 N–H and O–H groups in total. The van der Waals surface area contributed by atoms with Crippen molar-refractivity contribution in [2.75, 3.05) is 0 Å². The lowest BCUT2D eigenvalue weighted by Crippen LogP contribution is -1.63. The molecule has 3 nitrogen and oxygen atoms in total. The maximum atomic E-state index is 9.46. The molecule has 0 bridgehead atoms. The zero-order chi connectivity index (χ0) is 4.99. The molecule has 0 aromatic carbocycles. The number of nitrogens with zero attached hydrogens (tertiary/aromatic N) is 2. The number of carbonyl (C=O) groups is 1. The second kappa shape index (κ2) is 3.06. The van der Waals surface area contributed by atoms with Crippen LogP contribution >= 0.6 is 23.4 Å². The fraction of sp³-hybridized carbons (Fsp3) is 0. The minimum Gasteiger partial charge on any atom is -0.251 e. The van der Waals surface area contributed by atoms with Gasteiger partial charge in [0.15, 0.2) is 0 Å². The largest absolute Gasteiger partial charge is 0.359 e. The van der Waals surface area contributed by atoms with Crippen molar-refractivity contribution in [3.05, 3.63) is 0 Å². The minimum atomic E-state index is -0.912. The first-order valence-electron chi connectivity index (χ1n) is 0.986. The van der Waals surface area contributed by atoms with Gasteiger partial charge in [0, 0.05) is 0 Å². The quantitative estimate of drug-likeness (QED) is 0.278. The van der Waals surface area contributed by atoms with Gasteiger partial charge in [0.1, 0.15) is 0 Å². The van der Waals surface area contributed by atoms with Gasteiger partial charge in [-0.15, -0.1) is 0 Å². The van der Waals surface area contributed by atoms with E-state index in [1.807, 2.05) is 0 Å². The summed E-state index contributed by atoms with van der Waals surface area (Å²) in [5, 5.41) is 1.73. The summed E-state index contributed by atoms with van der Waals surface area (Å²) in [5.74, 6) is 0. The minimum absolute atomic E-state index is 0.912. The van der Waals surface area contributed by atoms with Crippen LogP contribution in [0.3, 0.4) is 0 Å². The molecule has 0 heterocycles. The van der Waals surface area contributed by atoms with Crippen molar-refractivity contribution in [2.24, 2.45) is 9.75 Å². The lowest BCUT2D eigenvalue weighted by molar-refractivity contribution is 0.265. The smallest absolute Gasteiger partial charge is 0.251 e. The van der Waals surface area contributed by atoms with E-state index in [1.54, 1.807) is 0 Å². The fourth-order valence-corrected chi connectivity index (χ4v) is 0.175. The number of hydrogen-bond acceptors (Lipinski definition) is 2. The molecule has 0 aromatic rings. The first kappa shape index (κ1) is 5.85. The lowest BCUT2D eigenvalue weighted by atomic mass is 11.4. The molecule has 0 saturated heterocycles. The predicted octanol–water partition coefficient (Wildman–Crippen LogP) is 1.95. The number of halogens is 2. The highest BCUT2D eigenvalue weighted by atomic mass is 35.5. The first-order valence-corrected chi connectivity index (χ1v) is 1.70. The number of hydrogen-bond donors (Lipinski definition) is 0. The van der Waals surface area contributed by atoms with E-state index in [-0.39, 0.29) is 0 Å². The van der Waals surface area contributed by atoms with Gasteiger partial charge >= 0.3 is 5.37 Å². The molecule has 0 aliphatic rings. The Balaban J connectivity index is 3.30. The SMILES string of the molecule is O=C(Cl)N=NCl. The molecule has 0 aliphatic carbocycles. The van der Waals surface area contributed by atoms with Crippen LogP contribution < -0.4 is 0 Å². The van der Waals surface area contributed by atoms with Crippen molar-refractivity contribution in [1.82, 2.24) is 0 Å². The summed E-state index contributed by atoms with van der Waals surface area (Å²) in [6.45, 7) is 0. The Morgan fingerprint density at radius 3 is 2.17 bits per heavy atom. The third-order valence-corrected chi connectivity index (χ3v) is 0.268. The Labute approximate surface area is 44.1 Å². The highest BCUT2D eigenvalue weighted by Crippen LogP contribution is 1.87. The van der Waals surface area contributed by atoms with Gasteiger partial charge in [0.2, 0.25) is 0 Å². The third kappa shape index (κ3) is 3.85. The molecule has 34 valence electrons. The van der Waals surface area contributed by atoms with Crippen LogP contribution in [0.2, 0.25) is 0 Å². The molecule has 0 spiro atoms. The maximum Gasteiger partial charge on any atom is 0.359 e. The fourth-order valence-electron chi connectivity index (χ4n) is 0.0297. The van der Waals surface area contributed by atoms with Crippen LogP contribution in [0.15, 0.2) is 9.75 Å². The van der Waals surface area contributed by atoms with Crippen molar-refractivity contribution in [3.63, 3.8) is 0 Å². The van der Waals surface area contributed by atoms with E-state index in [9.17, 15) is 4.79 Å². The molecule has 1 amide bonds. The first-order chi connectivity index (χ1) is 2.77. The summed E-state index contributed by atoms with van der Waals surface area (Å²) in [6, 6.07) is 0. The van der Waals surface area contributed by atoms with Gasteiger partial charge in [0.05, 0.1) is 11.8 Å². The predicted molar refractivity (Wildman–Crippen MR) is 22.0 cm³/mol. The topological polar surface area (TPSA) is 41.8 Å². The monoisotopic (exact) mass is 126 g/mol. The van der Waals surface area contributed by atoms with Crippen LogP contribution in [-0.4, -0.2) is 5.37 Å². The third-order valence-electron chi connectivity index (χ3n) is 0.116. The molecular weight excluding hydrogens is 127 g/mol. The van der Waals surface area contributed by atoms with Gasteiger partial charge in [-0.1, -0.05) is 9.75 Å². The molecular formula is CCl2N2O. The second-order valence-corrected chi connectivity index (χ2v) is 0.903. The Kier molecular flexibility index (Phi) is 2.98. The second-order valence-electron chi connectivity index (χ2n) is 0.429. The molecule has 0 atom stereocenters. The Hall–Kier alpha value is -0.150. The molecule has 5 heteroatoms. The van der Waals surface area contributed by atoms with Crippen LogP contribution in [0.4, 0.5) is 4.79 Å². The molecule has 0 aliphatic heterocycles. The van der Waals surface area contributed by atoms with Crippen LogP contribution in [-0.2, 0) is 0 Å². The van der Waals surface area contributed by atoms with Crippen molar-refractivity contribution in [1.29, 1.82) is 0 Å². The van der Waals surface area contributed by atoms with Crippen LogP contribution in [0.5, 0.6) is 0 Å². The van der Waals surface area contributed by atoms with Crippen molar-refractivity contribution in [2.45, 2.75) is 0 Å². The summed E-state index contributed by atoms with van der Waals surface area (Å²) in [4.78, 5) is 9.46. The van der Waals surface area contributed by atoms with Crippen LogP contribution in [0, 0.1) is 0 Å². The molecule has 6 heavy (non-hydrogen) atoms. The summed E-state index contributed by atoms with van der Waals surface area (Å²) >= 11 is 9.14. The molecule has 0 unspecified atom stereocenters. The van der Waals surface area contributed by atoms with Gasteiger partial charge in [0.25, 0.3) is 0 Å². The Morgan fingerprint density at radius 2 is 2.17 bits per heavy atom. The summed E-state index contributed by atoms with van der Waals surface area (Å²) in [7, 11) is 0. The van der Waals surface area contributed by atoms with E-state index in [0.717, 1.165) is 0 Å². The normalized spacial score (nSPS) is 9.67. The number of amides is 1. The van der Waals surface area contributed by atoms with E-state index in [4.69, 9.17) is 0 Å². The standard InChI is InChI=1S/CCl2N2O/c2-1(6)4-5-3. The van der Waals surface area contributed by atoms with Gasteiger partial charge in [-0.05, 0) is 11.6 Å². The lowest BCUT2D eigenvalue weighted by Gasteiger charge is -1.62. The van der Waals surface area contributed by atoms with E-state index in [0.29, 0.717) is 0 Å². The molecule has 0 saturated carbocycles. The van der Waals surface area contributed by atoms with Crippen molar-refractivity contribution < 1.29 is 4.79 Å². The van der Waals surface area contributed by atoms with E-state index < -0.39 is 5.37 Å². The highest BCUT2D eigenvalue weighted by molar-refractivity contribution is 6.63. The molecule has 0 fully saturated rings. The van der Waals surface area contributed by atoms with Crippen molar-refractivity contribution in [3.8, 4) is 0 Å². The van der Waals surface area contributed by atoms with Gasteiger partial charge in [-0.2, -0.15) is 0 Å². The summed E-state index contributed by atoms with van der Waals surface area (Å²) in [6.07, 6.45) is 0. The van der Waals surface area contributed by atoms with E-state index in [2.05, 4.69) is 33.1 Å². The Morgan fingerprint density at radius 1 is 1.67 bits per heavy atom. The average molecular weight is 127 g/mol.